The summed E-state index contributed by atoms with van der Waals surface area (Å²) in [7, 11) is -4.56. The van der Waals surface area contributed by atoms with Crippen LogP contribution in [0.25, 0.3) is 10.8 Å². The van der Waals surface area contributed by atoms with Crippen LogP contribution in [0, 0.1) is 6.07 Å². The number of rotatable bonds is 3. The fourth-order valence-electron chi connectivity index (χ4n) is 2.10. The van der Waals surface area contributed by atoms with Gasteiger partial charge in [-0.1, -0.05) is 11.5 Å². The van der Waals surface area contributed by atoms with E-state index in [-0.39, 0.29) is 81.1 Å². The Morgan fingerprint density at radius 2 is 1.80 bits per heavy atom. The first kappa shape index (κ1) is 22.3. The molecule has 0 atom stereocenters. The molecule has 0 spiro atoms. The summed E-state index contributed by atoms with van der Waals surface area (Å²) in [5.41, 5.74) is 0.452. The maximum atomic E-state index is 11.0. The van der Waals surface area contributed by atoms with E-state index >= 15 is 0 Å². The number of azo groups is 1. The van der Waals surface area contributed by atoms with E-state index in [1.807, 2.05) is 0 Å². The molecule has 3 rings (SSSR count). The van der Waals surface area contributed by atoms with Crippen molar-refractivity contribution in [3.63, 3.8) is 0 Å². The molecule has 0 saturated carbocycles. The third kappa shape index (κ3) is 5.35. The van der Waals surface area contributed by atoms with Crippen molar-refractivity contribution in [1.82, 2.24) is 0 Å². The first-order valence-corrected chi connectivity index (χ1v) is 7.95. The van der Waals surface area contributed by atoms with E-state index in [1.165, 1.54) is 24.3 Å². The Morgan fingerprint density at radius 3 is 2.52 bits per heavy atom. The van der Waals surface area contributed by atoms with Gasteiger partial charge in [-0.25, -0.2) is 8.42 Å². The van der Waals surface area contributed by atoms with E-state index in [4.69, 9.17) is 0 Å². The molecule has 0 aliphatic rings. The Morgan fingerprint density at radius 1 is 1.04 bits per heavy atom. The molecule has 25 heavy (non-hydrogen) atoms. The molecule has 9 heteroatoms. The number of nitrogens with zero attached hydrogens (tertiary/aromatic N) is 2. The summed E-state index contributed by atoms with van der Waals surface area (Å²) in [5.74, 6) is -0.0555. The molecule has 116 valence electrons. The smallest absolute Gasteiger partial charge is 0.744 e. The number of aromatic hydroxyl groups is 1. The molecule has 0 aromatic heterocycles. The van der Waals surface area contributed by atoms with Gasteiger partial charge in [-0.15, -0.1) is 16.6 Å². The minimum atomic E-state index is -4.56. The van der Waals surface area contributed by atoms with E-state index in [0.29, 0.717) is 5.39 Å². The van der Waals surface area contributed by atoms with Crippen LogP contribution < -0.4 is 59.1 Å². The SMILES string of the molecule is O=S(=O)([O-])c1cccc(N=Nc2c(O)ccc3c[c-]ccc23)c1.[Na+].[Na+]. The van der Waals surface area contributed by atoms with Crippen LogP contribution in [-0.4, -0.2) is 18.1 Å². The van der Waals surface area contributed by atoms with Crippen molar-refractivity contribution in [2.45, 2.75) is 4.90 Å². The average Bonchev–Trinajstić information content (AvgIpc) is 2.53. The van der Waals surface area contributed by atoms with E-state index in [9.17, 15) is 18.1 Å². The van der Waals surface area contributed by atoms with Gasteiger partial charge in [0.25, 0.3) is 0 Å². The van der Waals surface area contributed by atoms with Crippen LogP contribution in [0.1, 0.15) is 0 Å². The van der Waals surface area contributed by atoms with Gasteiger partial charge in [0.15, 0.2) is 0 Å². The third-order valence-electron chi connectivity index (χ3n) is 3.19. The summed E-state index contributed by atoms with van der Waals surface area (Å²) in [6.45, 7) is 0. The molecule has 0 heterocycles. The first-order chi connectivity index (χ1) is 10.9. The van der Waals surface area contributed by atoms with Gasteiger partial charge in [-0.2, -0.15) is 29.4 Å². The summed E-state index contributed by atoms with van der Waals surface area (Å²) < 4.78 is 33.1. The Kier molecular flexibility index (Phi) is 8.24. The first-order valence-electron chi connectivity index (χ1n) is 6.55. The van der Waals surface area contributed by atoms with E-state index in [2.05, 4.69) is 16.3 Å². The molecule has 0 bridgehead atoms. The maximum absolute atomic E-state index is 11.0. The van der Waals surface area contributed by atoms with Gasteiger partial charge < -0.3 is 9.66 Å². The molecule has 0 fully saturated rings. The summed E-state index contributed by atoms with van der Waals surface area (Å²) in [5, 5.41) is 19.4. The topological polar surface area (TPSA) is 102 Å². The molecule has 6 nitrogen and oxygen atoms in total. The van der Waals surface area contributed by atoms with Gasteiger partial charge in [-0.05, 0) is 24.3 Å². The minimum Gasteiger partial charge on any atom is -0.744 e. The zero-order valence-corrected chi connectivity index (χ0v) is 18.5. The molecule has 0 saturated heterocycles. The number of fused-ring (bicyclic) bond motifs is 1. The van der Waals surface area contributed by atoms with Crippen LogP contribution in [0.2, 0.25) is 0 Å². The predicted molar refractivity (Wildman–Crippen MR) is 83.0 cm³/mol. The Bertz CT molecular complexity index is 1020. The second kappa shape index (κ2) is 9.25. The van der Waals surface area contributed by atoms with Crippen molar-refractivity contribution >= 4 is 32.3 Å². The monoisotopic (exact) mass is 372 g/mol. The van der Waals surface area contributed by atoms with Crippen molar-refractivity contribution in [1.29, 1.82) is 0 Å². The van der Waals surface area contributed by atoms with Crippen LogP contribution in [0.3, 0.4) is 0 Å². The van der Waals surface area contributed by atoms with Gasteiger partial charge in [0.05, 0.1) is 10.6 Å². The fourth-order valence-corrected chi connectivity index (χ4v) is 2.61. The maximum Gasteiger partial charge on any atom is 1.00 e. The summed E-state index contributed by atoms with van der Waals surface area (Å²) in [6, 6.07) is 16.5. The standard InChI is InChI=1S/C16H11N2O4S.2Na/c19-15-9-8-11-4-1-2-7-14(11)16(15)18-17-12-5-3-6-13(10-12)23(20,21)22;;/h2-10,19H,(H,20,21,22);;/q-1;2*+1/p-1. The van der Waals surface area contributed by atoms with E-state index in [1.54, 1.807) is 24.3 Å². The van der Waals surface area contributed by atoms with Crippen molar-refractivity contribution < 1.29 is 77.2 Å². The summed E-state index contributed by atoms with van der Waals surface area (Å²) >= 11 is 0. The molecule has 0 amide bonds. The second-order valence-corrected chi connectivity index (χ2v) is 6.11. The zero-order valence-electron chi connectivity index (χ0n) is 13.7. The average molecular weight is 372 g/mol. The van der Waals surface area contributed by atoms with Crippen LogP contribution in [0.15, 0.2) is 69.7 Å². The van der Waals surface area contributed by atoms with Crippen LogP contribution in [0.5, 0.6) is 5.75 Å². The number of hydrogen-bond acceptors (Lipinski definition) is 6. The Balaban J connectivity index is 0.00000156. The molecule has 0 aliphatic carbocycles. The van der Waals surface area contributed by atoms with Gasteiger partial charge >= 0.3 is 59.1 Å². The van der Waals surface area contributed by atoms with Crippen LogP contribution >= 0.6 is 0 Å². The third-order valence-corrected chi connectivity index (χ3v) is 4.02. The van der Waals surface area contributed by atoms with Crippen molar-refractivity contribution in [3.05, 3.63) is 60.7 Å². The number of phenolic OH excluding ortho intramolecular Hbond substituents is 1. The van der Waals surface area contributed by atoms with Gasteiger partial charge in [0.1, 0.15) is 21.6 Å². The van der Waals surface area contributed by atoms with Crippen molar-refractivity contribution in [2.24, 2.45) is 10.2 Å². The molecule has 3 aromatic rings. The number of phenols is 1. The van der Waals surface area contributed by atoms with Crippen molar-refractivity contribution in [3.8, 4) is 5.75 Å². The summed E-state index contributed by atoms with van der Waals surface area (Å²) in [4.78, 5) is -0.384. The summed E-state index contributed by atoms with van der Waals surface area (Å²) in [6.07, 6.45) is 0. The molecule has 1 N–H and O–H groups in total. The normalized spacial score (nSPS) is 11.1. The van der Waals surface area contributed by atoms with E-state index < -0.39 is 10.1 Å². The predicted octanol–water partition coefficient (Wildman–Crippen LogP) is -2.33. The molecule has 0 unspecified atom stereocenters. The minimum absolute atomic E-state index is 0. The van der Waals surface area contributed by atoms with Crippen LogP contribution in [-0.2, 0) is 10.1 Å². The molecular weight excluding hydrogens is 362 g/mol. The number of hydrogen-bond donors (Lipinski definition) is 1. The molecule has 0 radical (unpaired) electrons. The van der Waals surface area contributed by atoms with Crippen molar-refractivity contribution in [2.75, 3.05) is 0 Å². The van der Waals surface area contributed by atoms with Gasteiger partial charge in [-0.3, -0.25) is 0 Å². The molecule has 3 aromatic carbocycles. The second-order valence-electron chi connectivity index (χ2n) is 4.73. The largest absolute Gasteiger partial charge is 1.00 e. The fraction of sp³-hybridized carbons (Fsp3) is 0. The molecular formula is C16H10N2Na2O4S. The Hall–Kier alpha value is -0.770. The van der Waals surface area contributed by atoms with Gasteiger partial charge in [0.2, 0.25) is 0 Å². The van der Waals surface area contributed by atoms with Crippen LogP contribution in [0.4, 0.5) is 11.4 Å². The molecule has 0 aliphatic heterocycles. The number of benzene rings is 3. The van der Waals surface area contributed by atoms with Gasteiger partial charge in [0, 0.05) is 0 Å². The van der Waals surface area contributed by atoms with E-state index in [0.717, 1.165) is 11.5 Å². The quantitative estimate of drug-likeness (QED) is 0.241. The Labute approximate surface area is 189 Å². The zero-order chi connectivity index (χ0) is 16.4.